The Bertz CT molecular complexity index is 942. The van der Waals surface area contributed by atoms with Crippen molar-refractivity contribution in [3.8, 4) is 0 Å². The molecule has 0 spiro atoms. The number of ether oxygens (including phenoxy) is 1. The van der Waals surface area contributed by atoms with Crippen LogP contribution in [0.2, 0.25) is 0 Å². The number of fused-ring (bicyclic) bond motifs is 1. The molecule has 1 aromatic rings. The molecule has 1 heterocycles. The highest BCUT2D eigenvalue weighted by molar-refractivity contribution is 7.99. The average Bonchev–Trinajstić information content (AvgIpc) is 2.88. The number of hydrogen-bond acceptors (Lipinski definition) is 7. The summed E-state index contributed by atoms with van der Waals surface area (Å²) in [6.07, 6.45) is 3.44. The van der Waals surface area contributed by atoms with Crippen molar-refractivity contribution in [1.82, 2.24) is 4.90 Å². The van der Waals surface area contributed by atoms with Crippen molar-refractivity contribution in [2.24, 2.45) is 22.7 Å². The number of carbonyl (C=O) groups is 2. The maximum Gasteiger partial charge on any atom is 0.411 e. The number of thioether (sulfide) groups is 2. The van der Waals surface area contributed by atoms with Crippen LogP contribution in [0.25, 0.3) is 0 Å². The molecule has 1 aliphatic heterocycles. The number of nitrogens with zero attached hydrogens (tertiary/aromatic N) is 1. The first-order chi connectivity index (χ1) is 17.2. The zero-order valence-corrected chi connectivity index (χ0v) is 23.2. The van der Waals surface area contributed by atoms with Crippen LogP contribution in [0.4, 0.5) is 10.5 Å². The van der Waals surface area contributed by atoms with Crippen LogP contribution >= 0.6 is 23.5 Å². The van der Waals surface area contributed by atoms with Gasteiger partial charge in [0, 0.05) is 47.0 Å². The fraction of sp³-hybridized carbons (Fsp3) is 0.704. The summed E-state index contributed by atoms with van der Waals surface area (Å²) in [5.74, 6) is 1.90. The molecule has 200 valence electrons. The minimum Gasteiger partial charge on any atom is -0.445 e. The summed E-state index contributed by atoms with van der Waals surface area (Å²) in [5, 5.41) is 24.5. The van der Waals surface area contributed by atoms with Gasteiger partial charge in [-0.15, -0.1) is 11.8 Å². The Kier molecular flexibility index (Phi) is 8.85. The molecule has 3 fully saturated rings. The molecule has 1 saturated heterocycles. The fourth-order valence-electron chi connectivity index (χ4n) is 6.89. The smallest absolute Gasteiger partial charge is 0.411 e. The fourth-order valence-corrected chi connectivity index (χ4v) is 8.25. The number of hydrogen-bond donors (Lipinski definition) is 3. The molecule has 3 aliphatic rings. The molecule has 0 radical (unpaired) electrons. The molecule has 1 aromatic carbocycles. The minimum atomic E-state index is -0.658. The molecular formula is C27H40N2O5S2. The second-order valence-corrected chi connectivity index (χ2v) is 13.1. The molecule has 2 aliphatic carbocycles. The second-order valence-electron chi connectivity index (χ2n) is 11.0. The second kappa shape index (κ2) is 11.5. The van der Waals surface area contributed by atoms with Gasteiger partial charge in [-0.1, -0.05) is 19.9 Å². The zero-order chi connectivity index (χ0) is 25.9. The van der Waals surface area contributed by atoms with E-state index in [9.17, 15) is 19.8 Å². The van der Waals surface area contributed by atoms with E-state index in [4.69, 9.17) is 4.74 Å². The third-order valence-electron chi connectivity index (χ3n) is 9.00. The van der Waals surface area contributed by atoms with Crippen LogP contribution in [0.1, 0.15) is 46.0 Å². The van der Waals surface area contributed by atoms with Crippen LogP contribution < -0.4 is 5.32 Å². The molecule has 4 rings (SSSR count). The lowest BCUT2D eigenvalue weighted by Gasteiger charge is -2.60. The van der Waals surface area contributed by atoms with Gasteiger partial charge in [-0.2, -0.15) is 11.8 Å². The maximum absolute atomic E-state index is 13.2. The number of aliphatic hydroxyl groups excluding tert-OH is 2. The van der Waals surface area contributed by atoms with E-state index >= 15 is 0 Å². The van der Waals surface area contributed by atoms with E-state index in [1.807, 2.05) is 54.1 Å². The molecule has 7 nitrogen and oxygen atoms in total. The lowest BCUT2D eigenvalue weighted by molar-refractivity contribution is -0.186. The largest absolute Gasteiger partial charge is 0.445 e. The van der Waals surface area contributed by atoms with Crippen molar-refractivity contribution in [3.05, 3.63) is 24.3 Å². The van der Waals surface area contributed by atoms with Gasteiger partial charge in [-0.05, 0) is 67.4 Å². The van der Waals surface area contributed by atoms with Crippen LogP contribution in [0, 0.1) is 22.7 Å². The molecule has 36 heavy (non-hydrogen) atoms. The molecule has 0 bridgehead atoms. The van der Waals surface area contributed by atoms with E-state index in [2.05, 4.69) is 12.2 Å². The maximum atomic E-state index is 13.2. The Morgan fingerprint density at radius 2 is 1.97 bits per heavy atom. The van der Waals surface area contributed by atoms with Gasteiger partial charge in [0.2, 0.25) is 5.91 Å². The summed E-state index contributed by atoms with van der Waals surface area (Å²) < 4.78 is 5.95. The van der Waals surface area contributed by atoms with Crippen molar-refractivity contribution < 1.29 is 24.5 Å². The topological polar surface area (TPSA) is 99.1 Å². The van der Waals surface area contributed by atoms with Gasteiger partial charge in [0.25, 0.3) is 0 Å². The Balaban J connectivity index is 1.48. The van der Waals surface area contributed by atoms with Crippen LogP contribution in [-0.2, 0) is 9.53 Å². The van der Waals surface area contributed by atoms with Gasteiger partial charge < -0.3 is 19.8 Å². The Morgan fingerprint density at radius 3 is 2.67 bits per heavy atom. The summed E-state index contributed by atoms with van der Waals surface area (Å²) in [5.41, 5.74) is -0.304. The summed E-state index contributed by atoms with van der Waals surface area (Å²) in [7, 11) is 0. The number of aliphatic hydroxyl groups is 2. The molecule has 2 saturated carbocycles. The van der Waals surface area contributed by atoms with Crippen LogP contribution in [0.5, 0.6) is 0 Å². The normalized spacial score (nSPS) is 34.5. The van der Waals surface area contributed by atoms with E-state index in [0.29, 0.717) is 24.9 Å². The molecular weight excluding hydrogens is 496 g/mol. The van der Waals surface area contributed by atoms with Crippen LogP contribution in [0.15, 0.2) is 29.2 Å². The third-order valence-corrected chi connectivity index (χ3v) is 10.7. The van der Waals surface area contributed by atoms with Gasteiger partial charge in [-0.25, -0.2) is 4.79 Å². The molecule has 0 aromatic heterocycles. The van der Waals surface area contributed by atoms with E-state index in [1.54, 1.807) is 11.8 Å². The van der Waals surface area contributed by atoms with Crippen molar-refractivity contribution >= 4 is 41.2 Å². The van der Waals surface area contributed by atoms with E-state index in [0.717, 1.165) is 42.3 Å². The summed E-state index contributed by atoms with van der Waals surface area (Å²) in [6.45, 7) is 5.59. The highest BCUT2D eigenvalue weighted by atomic mass is 32.2. The third kappa shape index (κ3) is 5.54. The molecule has 2 amide bonds. The number of amides is 2. The van der Waals surface area contributed by atoms with Crippen LogP contribution in [-0.4, -0.2) is 76.8 Å². The van der Waals surface area contributed by atoms with Crippen LogP contribution in [0.3, 0.4) is 0 Å². The van der Waals surface area contributed by atoms with Crippen molar-refractivity contribution in [2.75, 3.05) is 42.8 Å². The van der Waals surface area contributed by atoms with Gasteiger partial charge in [0.1, 0.15) is 6.10 Å². The first kappa shape index (κ1) is 27.6. The number of carbonyl (C=O) groups excluding carboxylic acids is 2. The van der Waals surface area contributed by atoms with Gasteiger partial charge in [0.15, 0.2) is 0 Å². The SMILES string of the molecule is CSc1cccc(NC(=O)OC2CCC3(C)C(CC(=O)N4CCSCC4)C(O)CCC3C2(C)CO)c1. The van der Waals surface area contributed by atoms with Crippen molar-refractivity contribution in [2.45, 2.75) is 63.1 Å². The monoisotopic (exact) mass is 536 g/mol. The van der Waals surface area contributed by atoms with E-state index in [-0.39, 0.29) is 29.8 Å². The predicted octanol–water partition coefficient (Wildman–Crippen LogP) is 4.48. The van der Waals surface area contributed by atoms with E-state index in [1.165, 1.54) is 0 Å². The average molecular weight is 537 g/mol. The van der Waals surface area contributed by atoms with Crippen molar-refractivity contribution in [3.63, 3.8) is 0 Å². The molecule has 6 atom stereocenters. The predicted molar refractivity (Wildman–Crippen MR) is 145 cm³/mol. The highest BCUT2D eigenvalue weighted by Crippen LogP contribution is 2.61. The Morgan fingerprint density at radius 1 is 1.22 bits per heavy atom. The van der Waals surface area contributed by atoms with Crippen molar-refractivity contribution in [1.29, 1.82) is 0 Å². The minimum absolute atomic E-state index is 0.0273. The Hall–Kier alpha value is -1.42. The lowest BCUT2D eigenvalue weighted by Crippen LogP contribution is -2.61. The quantitative estimate of drug-likeness (QED) is 0.461. The molecule has 6 unspecified atom stereocenters. The zero-order valence-electron chi connectivity index (χ0n) is 21.6. The standard InChI is InChI=1S/C27H40N2O5S2/c1-26-10-9-23(34-25(33)28-18-5-4-6-19(15-18)35-3)27(2,17-30)22(26)8-7-21(31)20(26)16-24(32)29-11-13-36-14-12-29/h4-6,15,20-23,30-31H,7-14,16-17H2,1-3H3,(H,28,33). The van der Waals surface area contributed by atoms with Gasteiger partial charge in [0.05, 0.1) is 12.7 Å². The highest BCUT2D eigenvalue weighted by Gasteiger charge is 2.60. The number of rotatable bonds is 6. The summed E-state index contributed by atoms with van der Waals surface area (Å²) in [4.78, 5) is 29.0. The lowest BCUT2D eigenvalue weighted by atomic mass is 9.46. The van der Waals surface area contributed by atoms with E-state index < -0.39 is 23.7 Å². The summed E-state index contributed by atoms with van der Waals surface area (Å²) in [6, 6.07) is 7.60. The number of benzene rings is 1. The first-order valence-corrected chi connectivity index (χ1v) is 15.4. The summed E-state index contributed by atoms with van der Waals surface area (Å²) >= 11 is 3.47. The number of anilines is 1. The van der Waals surface area contributed by atoms with Gasteiger partial charge in [-0.3, -0.25) is 10.1 Å². The molecule has 3 N–H and O–H groups in total. The Labute approximate surface area is 223 Å². The first-order valence-electron chi connectivity index (χ1n) is 13.0. The molecule has 9 heteroatoms. The number of nitrogens with one attached hydrogen (secondary N) is 1. The van der Waals surface area contributed by atoms with Gasteiger partial charge >= 0.3 is 6.09 Å².